The molecule has 3 atom stereocenters. The maximum atomic E-state index is 12.3. The molecule has 15 heavy (non-hydrogen) atoms. The summed E-state index contributed by atoms with van der Waals surface area (Å²) in [5.74, 6) is -4.85. The van der Waals surface area contributed by atoms with E-state index >= 15 is 0 Å². The highest BCUT2D eigenvalue weighted by Gasteiger charge is 2.58. The Kier molecular flexibility index (Phi) is 2.92. The molecule has 86 valence electrons. The number of nitrogens with one attached hydrogen (secondary N) is 1. The molecule has 7 heteroatoms. The van der Waals surface area contributed by atoms with Crippen molar-refractivity contribution in [2.45, 2.75) is 25.6 Å². The molecule has 1 aliphatic carbocycles. The van der Waals surface area contributed by atoms with Gasteiger partial charge in [-0.05, 0) is 6.42 Å². The second-order valence-electron chi connectivity index (χ2n) is 3.55. The van der Waals surface area contributed by atoms with E-state index in [-0.39, 0.29) is 0 Å². The molecule has 0 heterocycles. The van der Waals surface area contributed by atoms with Crippen LogP contribution in [0.4, 0.5) is 13.2 Å². The van der Waals surface area contributed by atoms with Gasteiger partial charge in [-0.3, -0.25) is 9.59 Å². The lowest BCUT2D eigenvalue weighted by Crippen LogP contribution is -2.60. The van der Waals surface area contributed by atoms with Crippen molar-refractivity contribution in [3.05, 3.63) is 0 Å². The molecule has 2 N–H and O–H groups in total. The largest absolute Gasteiger partial charge is 0.481 e. The molecule has 0 aromatic heterocycles. The smallest absolute Gasteiger partial charge is 0.393 e. The van der Waals surface area contributed by atoms with Gasteiger partial charge in [0, 0.05) is 6.92 Å². The monoisotopic (exact) mass is 225 g/mol. The van der Waals surface area contributed by atoms with Crippen molar-refractivity contribution < 1.29 is 27.9 Å². The molecule has 0 unspecified atom stereocenters. The van der Waals surface area contributed by atoms with Crippen molar-refractivity contribution in [2.24, 2.45) is 11.8 Å². The molecule has 0 radical (unpaired) electrons. The second-order valence-corrected chi connectivity index (χ2v) is 3.55. The maximum Gasteiger partial charge on any atom is 0.393 e. The lowest BCUT2D eigenvalue weighted by molar-refractivity contribution is -0.218. The number of carbonyl (C=O) groups excluding carboxylic acids is 1. The average molecular weight is 225 g/mol. The first-order valence-corrected chi connectivity index (χ1v) is 4.30. The van der Waals surface area contributed by atoms with Gasteiger partial charge in [0.15, 0.2) is 0 Å². The normalized spacial score (nSPS) is 30.5. The maximum absolute atomic E-state index is 12.3. The molecule has 0 bridgehead atoms. The Hall–Kier alpha value is -1.27. The molecule has 1 aliphatic rings. The summed E-state index contributed by atoms with van der Waals surface area (Å²) in [6, 6.07) is -1.33. The Morgan fingerprint density at radius 2 is 1.93 bits per heavy atom. The van der Waals surface area contributed by atoms with E-state index in [9.17, 15) is 22.8 Å². The van der Waals surface area contributed by atoms with E-state index in [1.807, 2.05) is 5.32 Å². The molecule has 0 aliphatic heterocycles. The van der Waals surface area contributed by atoms with Crippen molar-refractivity contribution in [3.8, 4) is 0 Å². The molecular formula is C8H10F3NO3. The molecule has 0 saturated heterocycles. The van der Waals surface area contributed by atoms with Crippen molar-refractivity contribution in [2.75, 3.05) is 0 Å². The number of rotatable bonds is 2. The highest BCUT2D eigenvalue weighted by molar-refractivity contribution is 5.77. The first-order valence-electron chi connectivity index (χ1n) is 4.30. The molecular weight excluding hydrogens is 215 g/mol. The van der Waals surface area contributed by atoms with Crippen LogP contribution >= 0.6 is 0 Å². The number of carboxylic acids is 1. The quantitative estimate of drug-likeness (QED) is 0.729. The lowest BCUT2D eigenvalue weighted by Gasteiger charge is -2.43. The van der Waals surface area contributed by atoms with Crippen LogP contribution in [-0.2, 0) is 9.59 Å². The predicted octanol–water partition coefficient (Wildman–Crippen LogP) is 0.774. The van der Waals surface area contributed by atoms with Crippen molar-refractivity contribution in [3.63, 3.8) is 0 Å². The van der Waals surface area contributed by atoms with Crippen molar-refractivity contribution >= 4 is 11.9 Å². The minimum absolute atomic E-state index is 0.468. The van der Waals surface area contributed by atoms with Gasteiger partial charge in [0.05, 0.1) is 17.9 Å². The Balaban J connectivity index is 2.72. The Bertz CT molecular complexity index is 289. The van der Waals surface area contributed by atoms with E-state index in [4.69, 9.17) is 5.11 Å². The number of carboxylic acid groups (broad SMARTS) is 1. The molecule has 1 saturated carbocycles. The number of alkyl halides is 3. The third-order valence-corrected chi connectivity index (χ3v) is 2.48. The molecule has 0 spiro atoms. The number of hydrogen-bond acceptors (Lipinski definition) is 2. The van der Waals surface area contributed by atoms with Crippen LogP contribution < -0.4 is 5.32 Å². The summed E-state index contributed by atoms with van der Waals surface area (Å²) in [5.41, 5.74) is 0. The summed E-state index contributed by atoms with van der Waals surface area (Å²) < 4.78 is 36.9. The minimum Gasteiger partial charge on any atom is -0.481 e. The van der Waals surface area contributed by atoms with Gasteiger partial charge in [-0.25, -0.2) is 0 Å². The Morgan fingerprint density at radius 3 is 2.27 bits per heavy atom. The van der Waals surface area contributed by atoms with Gasteiger partial charge in [0.25, 0.3) is 0 Å². The fraction of sp³-hybridized carbons (Fsp3) is 0.750. The Morgan fingerprint density at radius 1 is 1.40 bits per heavy atom. The van der Waals surface area contributed by atoms with Gasteiger partial charge in [-0.15, -0.1) is 0 Å². The highest BCUT2D eigenvalue weighted by atomic mass is 19.4. The minimum atomic E-state index is -4.46. The molecule has 1 amide bonds. The summed E-state index contributed by atoms with van der Waals surface area (Å²) in [7, 11) is 0. The predicted molar refractivity (Wildman–Crippen MR) is 42.9 cm³/mol. The fourth-order valence-corrected chi connectivity index (χ4v) is 1.68. The van der Waals surface area contributed by atoms with E-state index in [1.54, 1.807) is 0 Å². The summed E-state index contributed by atoms with van der Waals surface area (Å²) in [6.45, 7) is 1.06. The van der Waals surface area contributed by atoms with Crippen LogP contribution in [0.15, 0.2) is 0 Å². The van der Waals surface area contributed by atoms with Crippen LogP contribution in [0.2, 0.25) is 0 Å². The van der Waals surface area contributed by atoms with Gasteiger partial charge in [0.1, 0.15) is 0 Å². The Labute approximate surface area is 83.5 Å². The van der Waals surface area contributed by atoms with Gasteiger partial charge >= 0.3 is 12.1 Å². The average Bonchev–Trinajstić information content (AvgIpc) is 1.94. The number of amides is 1. The first kappa shape index (κ1) is 11.8. The van der Waals surface area contributed by atoms with E-state index in [0.717, 1.165) is 6.92 Å². The number of hydrogen-bond donors (Lipinski definition) is 2. The zero-order valence-electron chi connectivity index (χ0n) is 7.84. The molecule has 1 rings (SSSR count). The van der Waals surface area contributed by atoms with E-state index < -0.39 is 42.4 Å². The summed E-state index contributed by atoms with van der Waals surface area (Å²) in [5, 5.41) is 10.6. The lowest BCUT2D eigenvalue weighted by atomic mass is 9.69. The number of carbonyl (C=O) groups is 2. The van der Waals surface area contributed by atoms with Crippen molar-refractivity contribution in [1.29, 1.82) is 0 Å². The van der Waals surface area contributed by atoms with Crippen LogP contribution in [0.5, 0.6) is 0 Å². The third kappa shape index (κ3) is 2.40. The second kappa shape index (κ2) is 3.71. The fourth-order valence-electron chi connectivity index (χ4n) is 1.68. The van der Waals surface area contributed by atoms with Crippen LogP contribution in [0.1, 0.15) is 13.3 Å². The molecule has 0 aromatic rings. The van der Waals surface area contributed by atoms with E-state index in [2.05, 4.69) is 0 Å². The molecule has 4 nitrogen and oxygen atoms in total. The van der Waals surface area contributed by atoms with Gasteiger partial charge in [-0.1, -0.05) is 0 Å². The van der Waals surface area contributed by atoms with Crippen LogP contribution in [0.25, 0.3) is 0 Å². The number of halogens is 3. The van der Waals surface area contributed by atoms with Crippen molar-refractivity contribution in [1.82, 2.24) is 5.32 Å². The number of aliphatic carboxylic acids is 1. The third-order valence-electron chi connectivity index (χ3n) is 2.48. The van der Waals surface area contributed by atoms with E-state index in [0.29, 0.717) is 0 Å². The summed E-state index contributed by atoms with van der Waals surface area (Å²) in [4.78, 5) is 21.1. The summed E-state index contributed by atoms with van der Waals surface area (Å²) in [6.07, 6.45) is -4.93. The SMILES string of the molecule is CC(=O)N[C@@H]1[C@@H](C(=O)O)C[C@H]1C(F)(F)F. The highest BCUT2D eigenvalue weighted by Crippen LogP contribution is 2.45. The zero-order chi connectivity index (χ0) is 11.8. The van der Waals surface area contributed by atoms with Gasteiger partial charge in [0.2, 0.25) is 5.91 Å². The zero-order valence-corrected chi connectivity index (χ0v) is 7.84. The van der Waals surface area contributed by atoms with E-state index in [1.165, 1.54) is 0 Å². The molecule has 1 fully saturated rings. The van der Waals surface area contributed by atoms with Gasteiger partial charge < -0.3 is 10.4 Å². The standard InChI is InChI=1S/C8H10F3NO3/c1-3(13)12-6-4(7(14)15)2-5(6)8(9,10)11/h4-6H,2H2,1H3,(H,12,13)(H,14,15)/t4-,5+,6+/m0/s1. The molecule has 0 aromatic carbocycles. The first-order chi connectivity index (χ1) is 6.73. The van der Waals surface area contributed by atoms with Crippen LogP contribution in [0, 0.1) is 11.8 Å². The van der Waals surface area contributed by atoms with Gasteiger partial charge in [-0.2, -0.15) is 13.2 Å². The van der Waals surface area contributed by atoms with Crippen LogP contribution in [0.3, 0.4) is 0 Å². The summed E-state index contributed by atoms with van der Waals surface area (Å²) >= 11 is 0. The topological polar surface area (TPSA) is 66.4 Å². The van der Waals surface area contributed by atoms with Crippen LogP contribution in [-0.4, -0.2) is 29.2 Å².